The van der Waals surface area contributed by atoms with E-state index >= 15 is 0 Å². The van der Waals surface area contributed by atoms with Crippen LogP contribution in [0.2, 0.25) is 0 Å². The zero-order chi connectivity index (χ0) is 14.8. The Labute approximate surface area is 121 Å². The monoisotopic (exact) mass is 297 g/mol. The lowest BCUT2D eigenvalue weighted by Gasteiger charge is -2.21. The summed E-state index contributed by atoms with van der Waals surface area (Å²) >= 11 is 0. The number of aryl methyl sites for hydroxylation is 1. The minimum absolute atomic E-state index is 0.423. The molecule has 1 heterocycles. The van der Waals surface area contributed by atoms with Crippen molar-refractivity contribution in [3.8, 4) is 0 Å². The third-order valence-electron chi connectivity index (χ3n) is 3.75. The molecule has 5 nitrogen and oxygen atoms in total. The van der Waals surface area contributed by atoms with Crippen molar-refractivity contribution >= 4 is 15.7 Å². The summed E-state index contributed by atoms with van der Waals surface area (Å²) in [5, 5.41) is 2.67. The van der Waals surface area contributed by atoms with Gasteiger partial charge in [0.15, 0.2) is 9.84 Å². The summed E-state index contributed by atoms with van der Waals surface area (Å²) in [6.07, 6.45) is 6.41. The highest BCUT2D eigenvalue weighted by molar-refractivity contribution is 7.90. The zero-order valence-electron chi connectivity index (χ0n) is 12.4. The molecule has 1 aromatic heterocycles. The maximum atomic E-state index is 11.7. The Morgan fingerprint density at radius 1 is 1.25 bits per heavy atom. The normalized spacial score (nSPS) is 16.6. The van der Waals surface area contributed by atoms with Crippen LogP contribution in [0.25, 0.3) is 0 Å². The van der Waals surface area contributed by atoms with Gasteiger partial charge in [0, 0.05) is 24.1 Å². The van der Waals surface area contributed by atoms with E-state index in [0.29, 0.717) is 5.82 Å². The number of fused-ring (bicyclic) bond motifs is 1. The van der Waals surface area contributed by atoms with Crippen LogP contribution in [0.4, 0.5) is 5.82 Å². The van der Waals surface area contributed by atoms with Gasteiger partial charge in [0.1, 0.15) is 16.9 Å². The van der Waals surface area contributed by atoms with Crippen molar-refractivity contribution in [3.05, 3.63) is 17.1 Å². The van der Waals surface area contributed by atoms with Gasteiger partial charge in [-0.2, -0.15) is 0 Å². The smallest absolute Gasteiger partial charge is 0.157 e. The standard InChI is InChI=1S/C14H23N3O2S/c1-4-9-15-14-11-7-5-6-8-12(11)16-13(17-14)10(2)20(3,18)19/h10H,4-9H2,1-3H3,(H,15,16,17). The van der Waals surface area contributed by atoms with Crippen molar-refractivity contribution in [1.29, 1.82) is 0 Å². The lowest BCUT2D eigenvalue weighted by molar-refractivity contribution is 0.587. The lowest BCUT2D eigenvalue weighted by atomic mass is 9.96. The van der Waals surface area contributed by atoms with Crippen LogP contribution in [0.1, 0.15) is 55.4 Å². The molecule has 6 heteroatoms. The summed E-state index contributed by atoms with van der Waals surface area (Å²) in [6, 6.07) is 0. The summed E-state index contributed by atoms with van der Waals surface area (Å²) in [6.45, 7) is 4.60. The Morgan fingerprint density at radius 2 is 1.95 bits per heavy atom. The minimum Gasteiger partial charge on any atom is -0.370 e. The highest BCUT2D eigenvalue weighted by atomic mass is 32.2. The molecule has 0 spiro atoms. The van der Waals surface area contributed by atoms with Crippen LogP contribution in [0, 0.1) is 0 Å². The van der Waals surface area contributed by atoms with E-state index in [4.69, 9.17) is 0 Å². The first-order valence-corrected chi connectivity index (χ1v) is 9.21. The molecule has 1 N–H and O–H groups in total. The van der Waals surface area contributed by atoms with Gasteiger partial charge in [-0.3, -0.25) is 0 Å². The Balaban J connectivity index is 2.44. The number of nitrogens with one attached hydrogen (secondary N) is 1. The molecule has 0 aliphatic heterocycles. The fourth-order valence-corrected chi connectivity index (χ4v) is 2.86. The van der Waals surface area contributed by atoms with Crippen LogP contribution >= 0.6 is 0 Å². The second kappa shape index (κ2) is 6.08. The van der Waals surface area contributed by atoms with E-state index < -0.39 is 15.1 Å². The van der Waals surface area contributed by atoms with Crippen molar-refractivity contribution in [3.63, 3.8) is 0 Å². The number of hydrogen-bond donors (Lipinski definition) is 1. The molecule has 2 rings (SSSR count). The van der Waals surface area contributed by atoms with Gasteiger partial charge in [0.05, 0.1) is 0 Å². The van der Waals surface area contributed by atoms with Gasteiger partial charge in [-0.15, -0.1) is 0 Å². The molecule has 1 atom stereocenters. The van der Waals surface area contributed by atoms with Crippen LogP contribution in [-0.4, -0.2) is 31.2 Å². The maximum Gasteiger partial charge on any atom is 0.157 e. The largest absolute Gasteiger partial charge is 0.370 e. The topological polar surface area (TPSA) is 72.0 Å². The molecule has 1 unspecified atom stereocenters. The van der Waals surface area contributed by atoms with Crippen molar-refractivity contribution in [2.75, 3.05) is 18.1 Å². The number of hydrogen-bond acceptors (Lipinski definition) is 5. The summed E-state index contributed by atoms with van der Waals surface area (Å²) in [5.74, 6) is 1.26. The van der Waals surface area contributed by atoms with Gasteiger partial charge in [0.2, 0.25) is 0 Å². The first-order chi connectivity index (χ1) is 9.43. The van der Waals surface area contributed by atoms with Gasteiger partial charge in [-0.25, -0.2) is 18.4 Å². The molecule has 1 aliphatic rings. The molecular formula is C14H23N3O2S. The molecule has 20 heavy (non-hydrogen) atoms. The van der Waals surface area contributed by atoms with E-state index in [2.05, 4.69) is 22.2 Å². The van der Waals surface area contributed by atoms with E-state index in [1.807, 2.05) is 0 Å². The maximum absolute atomic E-state index is 11.7. The first kappa shape index (κ1) is 15.2. The molecule has 112 valence electrons. The number of sulfone groups is 1. The molecule has 0 bridgehead atoms. The molecule has 0 radical (unpaired) electrons. The Bertz CT molecular complexity index is 584. The predicted molar refractivity (Wildman–Crippen MR) is 80.7 cm³/mol. The molecule has 0 saturated carbocycles. The summed E-state index contributed by atoms with van der Waals surface area (Å²) in [5.41, 5.74) is 2.20. The van der Waals surface area contributed by atoms with E-state index in [9.17, 15) is 8.42 Å². The first-order valence-electron chi connectivity index (χ1n) is 7.26. The second-order valence-electron chi connectivity index (χ2n) is 5.46. The highest BCUT2D eigenvalue weighted by Crippen LogP contribution is 2.28. The van der Waals surface area contributed by atoms with E-state index in [-0.39, 0.29) is 0 Å². The molecule has 0 fully saturated rings. The average Bonchev–Trinajstić information content (AvgIpc) is 2.42. The number of rotatable bonds is 5. The molecule has 1 aliphatic carbocycles. The number of anilines is 1. The van der Waals surface area contributed by atoms with Crippen LogP contribution < -0.4 is 5.32 Å². The van der Waals surface area contributed by atoms with Crippen molar-refractivity contribution < 1.29 is 8.42 Å². The minimum atomic E-state index is -3.17. The molecule has 0 saturated heterocycles. The van der Waals surface area contributed by atoms with Gasteiger partial charge in [0.25, 0.3) is 0 Å². The highest BCUT2D eigenvalue weighted by Gasteiger charge is 2.24. The van der Waals surface area contributed by atoms with Crippen molar-refractivity contribution in [2.45, 2.75) is 51.2 Å². The Hall–Kier alpha value is -1.17. The second-order valence-corrected chi connectivity index (χ2v) is 7.83. The molecular weight excluding hydrogens is 274 g/mol. The third kappa shape index (κ3) is 3.29. The summed E-state index contributed by atoms with van der Waals surface area (Å²) in [4.78, 5) is 9.01. The fraction of sp³-hybridized carbons (Fsp3) is 0.714. The van der Waals surface area contributed by atoms with Gasteiger partial charge < -0.3 is 5.32 Å². The van der Waals surface area contributed by atoms with Crippen LogP contribution in [0.3, 0.4) is 0 Å². The molecule has 0 aromatic carbocycles. The van der Waals surface area contributed by atoms with E-state index in [1.165, 1.54) is 11.8 Å². The van der Waals surface area contributed by atoms with Crippen LogP contribution in [0.15, 0.2) is 0 Å². The number of aromatic nitrogens is 2. The quantitative estimate of drug-likeness (QED) is 0.902. The average molecular weight is 297 g/mol. The van der Waals surface area contributed by atoms with Crippen molar-refractivity contribution in [1.82, 2.24) is 9.97 Å². The van der Waals surface area contributed by atoms with Crippen LogP contribution in [-0.2, 0) is 22.7 Å². The van der Waals surface area contributed by atoms with Gasteiger partial charge >= 0.3 is 0 Å². The zero-order valence-corrected chi connectivity index (χ0v) is 13.3. The molecule has 0 amide bonds. The SMILES string of the molecule is CCCNc1nc(C(C)S(C)(=O)=O)nc2c1CCCC2. The number of nitrogens with zero attached hydrogens (tertiary/aromatic N) is 2. The van der Waals surface area contributed by atoms with Gasteiger partial charge in [-0.1, -0.05) is 6.92 Å². The van der Waals surface area contributed by atoms with Crippen molar-refractivity contribution in [2.24, 2.45) is 0 Å². The third-order valence-corrected chi connectivity index (χ3v) is 5.24. The van der Waals surface area contributed by atoms with Crippen LogP contribution in [0.5, 0.6) is 0 Å². The van der Waals surface area contributed by atoms with Gasteiger partial charge in [-0.05, 0) is 39.0 Å². The predicted octanol–water partition coefficient (Wildman–Crippen LogP) is 2.28. The lowest BCUT2D eigenvalue weighted by Crippen LogP contribution is -2.18. The summed E-state index contributed by atoms with van der Waals surface area (Å²) < 4.78 is 23.4. The summed E-state index contributed by atoms with van der Waals surface area (Å²) in [7, 11) is -3.17. The molecule has 1 aromatic rings. The van der Waals surface area contributed by atoms with E-state index in [0.717, 1.165) is 50.2 Å². The fourth-order valence-electron chi connectivity index (χ4n) is 2.38. The Morgan fingerprint density at radius 3 is 2.60 bits per heavy atom. The Kier molecular flexibility index (Phi) is 4.62. The van der Waals surface area contributed by atoms with E-state index in [1.54, 1.807) is 6.92 Å².